The number of nitriles is 1. The molecule has 0 atom stereocenters. The number of nitrogens with zero attached hydrogens (tertiary/aromatic N) is 3. The molecule has 2 heterocycles. The van der Waals surface area contributed by atoms with Crippen molar-refractivity contribution in [2.45, 2.75) is 18.3 Å². The maximum Gasteiger partial charge on any atom is 0.171 e. The van der Waals surface area contributed by atoms with Crippen molar-refractivity contribution in [2.75, 3.05) is 32.2 Å². The van der Waals surface area contributed by atoms with E-state index >= 15 is 0 Å². The lowest BCUT2D eigenvalue weighted by Gasteiger charge is -2.38. The Balaban J connectivity index is 1.83. The summed E-state index contributed by atoms with van der Waals surface area (Å²) in [5.41, 5.74) is 0.546. The molecule has 0 spiro atoms. The summed E-state index contributed by atoms with van der Waals surface area (Å²) < 4.78 is 10.7. The number of pyridine rings is 1. The molecule has 1 saturated heterocycles. The minimum absolute atomic E-state index is 0.479. The number of benzene rings is 1. The van der Waals surface area contributed by atoms with Gasteiger partial charge in [0.1, 0.15) is 5.75 Å². The number of anilines is 1. The van der Waals surface area contributed by atoms with Gasteiger partial charge in [-0.2, -0.15) is 5.26 Å². The van der Waals surface area contributed by atoms with Crippen LogP contribution in [-0.2, 0) is 5.41 Å². The normalized spacial score (nSPS) is 16.3. The van der Waals surface area contributed by atoms with Gasteiger partial charge in [-0.3, -0.25) is 0 Å². The minimum Gasteiger partial charge on any atom is -0.497 e. The van der Waals surface area contributed by atoms with Crippen molar-refractivity contribution in [1.82, 2.24) is 4.98 Å². The van der Waals surface area contributed by atoms with Crippen LogP contribution in [-0.4, -0.2) is 32.3 Å². The summed E-state index contributed by atoms with van der Waals surface area (Å²) in [5.74, 6) is 2.40. The second-order valence-corrected chi connectivity index (χ2v) is 5.94. The van der Waals surface area contributed by atoms with E-state index in [4.69, 9.17) is 9.47 Å². The van der Waals surface area contributed by atoms with Crippen molar-refractivity contribution in [3.8, 4) is 17.6 Å². The molecule has 0 N–H and O–H groups in total. The zero-order valence-electron chi connectivity index (χ0n) is 14.0. The molecular formula is C19H21N3O2. The van der Waals surface area contributed by atoms with Gasteiger partial charge in [-0.15, -0.1) is 0 Å². The Morgan fingerprint density at radius 1 is 1.12 bits per heavy atom. The van der Waals surface area contributed by atoms with Crippen LogP contribution in [0.25, 0.3) is 0 Å². The van der Waals surface area contributed by atoms with Crippen molar-refractivity contribution < 1.29 is 9.47 Å². The van der Waals surface area contributed by atoms with Crippen molar-refractivity contribution in [1.29, 1.82) is 5.26 Å². The fourth-order valence-electron chi connectivity index (χ4n) is 3.27. The van der Waals surface area contributed by atoms with Gasteiger partial charge in [0.15, 0.2) is 11.6 Å². The molecule has 1 aromatic carbocycles. The van der Waals surface area contributed by atoms with Gasteiger partial charge >= 0.3 is 0 Å². The molecule has 0 aliphatic carbocycles. The standard InChI is InChI=1S/C19H21N3O2/c1-23-16-6-3-5-15(13-16)19(14-20)8-11-22(12-9-19)18-17(24-2)7-4-10-21-18/h3-7,10,13H,8-9,11-12H2,1-2H3. The van der Waals surface area contributed by atoms with Crippen LogP contribution < -0.4 is 14.4 Å². The number of hydrogen-bond acceptors (Lipinski definition) is 5. The van der Waals surface area contributed by atoms with Gasteiger partial charge in [-0.1, -0.05) is 12.1 Å². The molecule has 0 amide bonds. The Hall–Kier alpha value is -2.74. The van der Waals surface area contributed by atoms with Crippen LogP contribution >= 0.6 is 0 Å². The number of ether oxygens (including phenoxy) is 2. The molecule has 3 rings (SSSR count). The number of rotatable bonds is 4. The molecule has 1 aliphatic rings. The van der Waals surface area contributed by atoms with Gasteiger partial charge in [-0.05, 0) is 42.7 Å². The molecular weight excluding hydrogens is 302 g/mol. The molecule has 2 aromatic rings. The van der Waals surface area contributed by atoms with Crippen LogP contribution in [0.1, 0.15) is 18.4 Å². The second-order valence-electron chi connectivity index (χ2n) is 5.94. The molecule has 5 nitrogen and oxygen atoms in total. The topological polar surface area (TPSA) is 58.4 Å². The summed E-state index contributed by atoms with van der Waals surface area (Å²) in [6.45, 7) is 1.52. The van der Waals surface area contributed by atoms with E-state index < -0.39 is 5.41 Å². The zero-order valence-corrected chi connectivity index (χ0v) is 14.0. The average molecular weight is 323 g/mol. The van der Waals surface area contributed by atoms with Crippen molar-refractivity contribution >= 4 is 5.82 Å². The molecule has 5 heteroatoms. The van der Waals surface area contributed by atoms with E-state index in [9.17, 15) is 5.26 Å². The first kappa shape index (κ1) is 16.1. The number of methoxy groups -OCH3 is 2. The maximum absolute atomic E-state index is 9.87. The van der Waals surface area contributed by atoms with E-state index in [0.717, 1.165) is 48.8 Å². The van der Waals surface area contributed by atoms with Crippen LogP contribution in [0.15, 0.2) is 42.6 Å². The molecule has 0 unspecified atom stereocenters. The van der Waals surface area contributed by atoms with Gasteiger partial charge in [-0.25, -0.2) is 4.98 Å². The predicted octanol–water partition coefficient (Wildman–Crippen LogP) is 3.16. The van der Waals surface area contributed by atoms with Crippen LogP contribution in [0.3, 0.4) is 0 Å². The number of aromatic nitrogens is 1. The van der Waals surface area contributed by atoms with Crippen LogP contribution in [0.2, 0.25) is 0 Å². The third-order valence-electron chi connectivity index (χ3n) is 4.72. The molecule has 1 fully saturated rings. The highest BCUT2D eigenvalue weighted by Gasteiger charge is 2.37. The molecule has 124 valence electrons. The first-order valence-corrected chi connectivity index (χ1v) is 8.02. The van der Waals surface area contributed by atoms with Gasteiger partial charge in [0.05, 0.1) is 25.7 Å². The Kier molecular flexibility index (Phi) is 4.57. The number of hydrogen-bond donors (Lipinski definition) is 0. The summed E-state index contributed by atoms with van der Waals surface area (Å²) >= 11 is 0. The third kappa shape index (κ3) is 2.88. The molecule has 0 radical (unpaired) electrons. The quantitative estimate of drug-likeness (QED) is 0.865. The van der Waals surface area contributed by atoms with Gasteiger partial charge in [0.2, 0.25) is 0 Å². The van der Waals surface area contributed by atoms with Crippen molar-refractivity contribution in [2.24, 2.45) is 0 Å². The number of piperidine rings is 1. The van der Waals surface area contributed by atoms with Gasteiger partial charge in [0, 0.05) is 19.3 Å². The van der Waals surface area contributed by atoms with Gasteiger partial charge < -0.3 is 14.4 Å². The summed E-state index contributed by atoms with van der Waals surface area (Å²) in [7, 11) is 3.30. The predicted molar refractivity (Wildman–Crippen MR) is 92.5 cm³/mol. The first-order valence-electron chi connectivity index (χ1n) is 8.02. The summed E-state index contributed by atoms with van der Waals surface area (Å²) in [6.07, 6.45) is 3.26. The Morgan fingerprint density at radius 2 is 1.92 bits per heavy atom. The molecule has 0 bridgehead atoms. The zero-order chi connectivity index (χ0) is 17.0. The third-order valence-corrected chi connectivity index (χ3v) is 4.72. The lowest BCUT2D eigenvalue weighted by molar-refractivity contribution is 0.389. The maximum atomic E-state index is 9.87. The largest absolute Gasteiger partial charge is 0.497 e. The summed E-state index contributed by atoms with van der Waals surface area (Å²) in [6, 6.07) is 14.2. The van der Waals surface area contributed by atoms with Crippen LogP contribution in [0.4, 0.5) is 5.82 Å². The molecule has 1 aromatic heterocycles. The monoisotopic (exact) mass is 323 g/mol. The van der Waals surface area contributed by atoms with E-state index in [1.165, 1.54) is 0 Å². The lowest BCUT2D eigenvalue weighted by Crippen LogP contribution is -2.42. The molecule has 0 saturated carbocycles. The smallest absolute Gasteiger partial charge is 0.171 e. The fourth-order valence-corrected chi connectivity index (χ4v) is 3.27. The fraction of sp³-hybridized carbons (Fsp3) is 0.368. The highest BCUT2D eigenvalue weighted by Crippen LogP contribution is 2.38. The summed E-state index contributed by atoms with van der Waals surface area (Å²) in [5, 5.41) is 9.87. The lowest BCUT2D eigenvalue weighted by atomic mass is 9.74. The Morgan fingerprint density at radius 3 is 2.58 bits per heavy atom. The summed E-state index contributed by atoms with van der Waals surface area (Å²) in [4.78, 5) is 6.63. The molecule has 1 aliphatic heterocycles. The minimum atomic E-state index is -0.479. The Labute approximate surface area is 142 Å². The van der Waals surface area contributed by atoms with E-state index in [2.05, 4.69) is 16.0 Å². The van der Waals surface area contributed by atoms with E-state index in [1.54, 1.807) is 20.4 Å². The molecule has 24 heavy (non-hydrogen) atoms. The SMILES string of the molecule is COc1cccc(C2(C#N)CCN(c3ncccc3OC)CC2)c1. The van der Waals surface area contributed by atoms with Crippen LogP contribution in [0, 0.1) is 11.3 Å². The average Bonchev–Trinajstić information content (AvgIpc) is 2.68. The van der Waals surface area contributed by atoms with Crippen LogP contribution in [0.5, 0.6) is 11.5 Å². The first-order chi connectivity index (χ1) is 11.7. The van der Waals surface area contributed by atoms with Crippen molar-refractivity contribution in [3.63, 3.8) is 0 Å². The highest BCUT2D eigenvalue weighted by molar-refractivity contribution is 5.53. The van der Waals surface area contributed by atoms with E-state index in [1.807, 2.05) is 36.4 Å². The highest BCUT2D eigenvalue weighted by atomic mass is 16.5. The van der Waals surface area contributed by atoms with E-state index in [-0.39, 0.29) is 0 Å². The van der Waals surface area contributed by atoms with Crippen molar-refractivity contribution in [3.05, 3.63) is 48.2 Å². The Bertz CT molecular complexity index is 746. The van der Waals surface area contributed by atoms with Gasteiger partial charge in [0.25, 0.3) is 0 Å². The van der Waals surface area contributed by atoms with E-state index in [0.29, 0.717) is 0 Å². The second kappa shape index (κ2) is 6.79.